The van der Waals surface area contributed by atoms with Gasteiger partial charge in [0.25, 0.3) is 11.1 Å². The predicted molar refractivity (Wildman–Crippen MR) is 123 cm³/mol. The molecule has 1 heterocycles. The van der Waals surface area contributed by atoms with Crippen LogP contribution < -0.4 is 14.2 Å². The zero-order valence-electron chi connectivity index (χ0n) is 17.0. The highest BCUT2D eigenvalue weighted by molar-refractivity contribution is 8.18. The first kappa shape index (κ1) is 22.8. The zero-order valence-corrected chi connectivity index (χ0v) is 18.6. The molecule has 8 heteroatoms. The highest BCUT2D eigenvalue weighted by atomic mass is 35.5. The number of nitrogens with zero attached hydrogens (tertiary/aromatic N) is 1. The molecule has 1 aliphatic rings. The van der Waals surface area contributed by atoms with Gasteiger partial charge in [0.1, 0.15) is 19.0 Å². The minimum atomic E-state index is -0.368. The number of carbonyl (C=O) groups is 2. The summed E-state index contributed by atoms with van der Waals surface area (Å²) in [5.41, 5.74) is 0.630. The van der Waals surface area contributed by atoms with E-state index in [1.54, 1.807) is 24.3 Å². The number of halogens is 1. The topological polar surface area (TPSA) is 65.1 Å². The first-order chi connectivity index (χ1) is 15.0. The van der Waals surface area contributed by atoms with Crippen molar-refractivity contribution in [1.29, 1.82) is 0 Å². The highest BCUT2D eigenvalue weighted by Gasteiger charge is 2.34. The minimum absolute atomic E-state index is 0.163. The second kappa shape index (κ2) is 10.9. The van der Waals surface area contributed by atoms with E-state index in [1.165, 1.54) is 4.90 Å². The minimum Gasteiger partial charge on any atom is -0.492 e. The van der Waals surface area contributed by atoms with Crippen LogP contribution in [-0.2, 0) is 4.79 Å². The molecule has 0 bridgehead atoms. The Hall–Kier alpha value is -2.90. The molecule has 0 unspecified atom stereocenters. The Morgan fingerprint density at radius 3 is 2.61 bits per heavy atom. The van der Waals surface area contributed by atoms with Gasteiger partial charge in [-0.05, 0) is 54.6 Å². The summed E-state index contributed by atoms with van der Waals surface area (Å²) in [4.78, 5) is 26.5. The first-order valence-electron chi connectivity index (χ1n) is 9.66. The summed E-state index contributed by atoms with van der Waals surface area (Å²) >= 11 is 7.24. The van der Waals surface area contributed by atoms with Crippen molar-refractivity contribution in [3.63, 3.8) is 0 Å². The van der Waals surface area contributed by atoms with E-state index in [1.807, 2.05) is 37.3 Å². The smallest absolute Gasteiger partial charge is 0.293 e. The lowest BCUT2D eigenvalue weighted by atomic mass is 10.1. The Morgan fingerprint density at radius 2 is 1.90 bits per heavy atom. The number of amides is 2. The van der Waals surface area contributed by atoms with Crippen molar-refractivity contribution in [3.8, 4) is 17.2 Å². The molecule has 2 aromatic rings. The van der Waals surface area contributed by atoms with Gasteiger partial charge in [-0.25, -0.2) is 0 Å². The van der Waals surface area contributed by atoms with Crippen molar-refractivity contribution in [2.75, 3.05) is 26.4 Å². The summed E-state index contributed by atoms with van der Waals surface area (Å²) in [7, 11) is 0. The summed E-state index contributed by atoms with van der Waals surface area (Å²) < 4.78 is 16.8. The lowest BCUT2D eigenvalue weighted by Gasteiger charge is -2.14. The van der Waals surface area contributed by atoms with Crippen LogP contribution >= 0.6 is 23.4 Å². The van der Waals surface area contributed by atoms with Crippen molar-refractivity contribution in [3.05, 3.63) is 70.6 Å². The number of imide groups is 1. The van der Waals surface area contributed by atoms with Crippen molar-refractivity contribution >= 4 is 40.6 Å². The zero-order chi connectivity index (χ0) is 22.2. The summed E-state index contributed by atoms with van der Waals surface area (Å²) in [6.45, 7) is 6.55. The number of hydrogen-bond acceptors (Lipinski definition) is 6. The van der Waals surface area contributed by atoms with Crippen LogP contribution in [0.3, 0.4) is 0 Å². The van der Waals surface area contributed by atoms with Crippen LogP contribution in [0.15, 0.2) is 60.0 Å². The van der Waals surface area contributed by atoms with Crippen LogP contribution in [0.25, 0.3) is 6.08 Å². The molecule has 0 saturated carbocycles. The van der Waals surface area contributed by atoms with Gasteiger partial charge in [0, 0.05) is 0 Å². The summed E-state index contributed by atoms with van der Waals surface area (Å²) in [6.07, 6.45) is 3.23. The van der Waals surface area contributed by atoms with Gasteiger partial charge in [-0.3, -0.25) is 14.5 Å². The monoisotopic (exact) mass is 459 g/mol. The lowest BCUT2D eigenvalue weighted by molar-refractivity contribution is -0.123. The molecule has 31 heavy (non-hydrogen) atoms. The van der Waals surface area contributed by atoms with E-state index in [2.05, 4.69) is 6.58 Å². The fourth-order valence-electron chi connectivity index (χ4n) is 2.83. The molecule has 1 saturated heterocycles. The molecule has 3 rings (SSSR count). The van der Waals surface area contributed by atoms with Crippen LogP contribution in [0, 0.1) is 0 Å². The third-order valence-corrected chi connectivity index (χ3v) is 5.36. The standard InChI is InChI=1S/C23H22ClNO5S/c1-3-11-30-21-18(24)13-16(14-19(21)28-4-2)15-20-22(26)25(23(27)31-20)10-12-29-17-8-6-5-7-9-17/h3,5-9,13-15H,1,4,10-12H2,2H3/b20-15-. The molecule has 6 nitrogen and oxygen atoms in total. The van der Waals surface area contributed by atoms with Gasteiger partial charge in [0.15, 0.2) is 11.5 Å². The van der Waals surface area contributed by atoms with E-state index in [-0.39, 0.29) is 30.9 Å². The van der Waals surface area contributed by atoms with Crippen LogP contribution in [0.1, 0.15) is 12.5 Å². The second-order valence-corrected chi connectivity index (χ2v) is 7.76. The quantitative estimate of drug-likeness (QED) is 0.349. The van der Waals surface area contributed by atoms with Crippen molar-refractivity contribution in [2.24, 2.45) is 0 Å². The third kappa shape index (κ3) is 5.83. The first-order valence-corrected chi connectivity index (χ1v) is 10.9. The molecule has 1 aliphatic heterocycles. The Labute approximate surface area is 190 Å². The normalized spacial score (nSPS) is 14.8. The Morgan fingerprint density at radius 1 is 1.13 bits per heavy atom. The maximum Gasteiger partial charge on any atom is 0.293 e. The van der Waals surface area contributed by atoms with Crippen LogP contribution in [0.5, 0.6) is 17.2 Å². The maximum atomic E-state index is 12.7. The number of benzene rings is 2. The fraction of sp³-hybridized carbons (Fsp3) is 0.217. The van der Waals surface area contributed by atoms with Crippen molar-refractivity contribution in [1.82, 2.24) is 4.90 Å². The molecular formula is C23H22ClNO5S. The average Bonchev–Trinajstić information content (AvgIpc) is 3.01. The van der Waals surface area contributed by atoms with Gasteiger partial charge in [-0.2, -0.15) is 0 Å². The number of carbonyl (C=O) groups excluding carboxylic acids is 2. The highest BCUT2D eigenvalue weighted by Crippen LogP contribution is 2.39. The van der Waals surface area contributed by atoms with Gasteiger partial charge >= 0.3 is 0 Å². The average molecular weight is 460 g/mol. The van der Waals surface area contributed by atoms with E-state index in [9.17, 15) is 9.59 Å². The molecule has 2 aromatic carbocycles. The van der Waals surface area contributed by atoms with Crippen LogP contribution in [-0.4, -0.2) is 42.4 Å². The summed E-state index contributed by atoms with van der Waals surface area (Å²) in [6, 6.07) is 12.6. The summed E-state index contributed by atoms with van der Waals surface area (Å²) in [5, 5.41) is 0.00418. The van der Waals surface area contributed by atoms with Crippen molar-refractivity contribution < 1.29 is 23.8 Å². The van der Waals surface area contributed by atoms with E-state index in [0.717, 1.165) is 11.8 Å². The SMILES string of the molecule is C=CCOc1c(Cl)cc(/C=C2\SC(=O)N(CCOc3ccccc3)C2=O)cc1OCC. The number of ether oxygens (including phenoxy) is 3. The van der Waals surface area contributed by atoms with E-state index in [0.29, 0.717) is 39.3 Å². The number of thioether (sulfide) groups is 1. The Balaban J connectivity index is 1.73. The molecule has 0 aromatic heterocycles. The lowest BCUT2D eigenvalue weighted by Crippen LogP contribution is -2.32. The number of rotatable bonds is 10. The van der Waals surface area contributed by atoms with Crippen LogP contribution in [0.4, 0.5) is 4.79 Å². The molecule has 162 valence electrons. The van der Waals surface area contributed by atoms with Gasteiger partial charge < -0.3 is 14.2 Å². The van der Waals surface area contributed by atoms with E-state index in [4.69, 9.17) is 25.8 Å². The molecule has 0 atom stereocenters. The third-order valence-electron chi connectivity index (χ3n) is 4.18. The van der Waals surface area contributed by atoms with Gasteiger partial charge in [0.05, 0.1) is 23.1 Å². The predicted octanol–water partition coefficient (Wildman–Crippen LogP) is 5.42. The largest absolute Gasteiger partial charge is 0.492 e. The molecular weight excluding hydrogens is 438 g/mol. The van der Waals surface area contributed by atoms with E-state index < -0.39 is 0 Å². The van der Waals surface area contributed by atoms with Crippen molar-refractivity contribution in [2.45, 2.75) is 6.92 Å². The molecule has 2 amide bonds. The maximum absolute atomic E-state index is 12.7. The molecule has 1 fully saturated rings. The number of hydrogen-bond donors (Lipinski definition) is 0. The molecule has 0 N–H and O–H groups in total. The van der Waals surface area contributed by atoms with Gasteiger partial charge in [0.2, 0.25) is 0 Å². The van der Waals surface area contributed by atoms with Gasteiger partial charge in [-0.15, -0.1) is 0 Å². The van der Waals surface area contributed by atoms with E-state index >= 15 is 0 Å². The van der Waals surface area contributed by atoms with Gasteiger partial charge in [-0.1, -0.05) is 42.5 Å². The number of para-hydroxylation sites is 1. The molecule has 0 spiro atoms. The summed E-state index contributed by atoms with van der Waals surface area (Å²) in [5.74, 6) is 1.18. The molecule has 0 radical (unpaired) electrons. The van der Waals surface area contributed by atoms with Crippen LogP contribution in [0.2, 0.25) is 5.02 Å². The fourth-order valence-corrected chi connectivity index (χ4v) is 3.97. The molecule has 0 aliphatic carbocycles. The second-order valence-electron chi connectivity index (χ2n) is 6.36. The Bertz CT molecular complexity index is 993. The Kier molecular flexibility index (Phi) is 8.03.